The van der Waals surface area contributed by atoms with Gasteiger partial charge < -0.3 is 15.1 Å². The van der Waals surface area contributed by atoms with E-state index in [4.69, 9.17) is 0 Å². The number of benzene rings is 1. The van der Waals surface area contributed by atoms with E-state index in [1.165, 1.54) is 24.0 Å². The van der Waals surface area contributed by atoms with Gasteiger partial charge in [0.15, 0.2) is 0 Å². The fourth-order valence-corrected chi connectivity index (χ4v) is 3.44. The van der Waals surface area contributed by atoms with Crippen molar-refractivity contribution >= 4 is 5.91 Å². The Morgan fingerprint density at radius 2 is 2.29 bits per heavy atom. The molecular weight excluding hydrogens is 262 g/mol. The van der Waals surface area contributed by atoms with Crippen molar-refractivity contribution < 1.29 is 4.79 Å². The number of carbonyl (C=O) groups is 1. The van der Waals surface area contributed by atoms with Gasteiger partial charge in [0, 0.05) is 31.7 Å². The molecule has 4 heteroatoms. The van der Waals surface area contributed by atoms with Gasteiger partial charge in [0.05, 0.1) is 0 Å². The average molecular weight is 287 g/mol. The fraction of sp³-hybridized carbons (Fsp3) is 0.588. The van der Waals surface area contributed by atoms with E-state index in [0.717, 1.165) is 38.2 Å². The molecule has 3 rings (SSSR count). The smallest absolute Gasteiger partial charge is 0.253 e. The number of carbonyl (C=O) groups excluding carboxylic acids is 1. The van der Waals surface area contributed by atoms with Crippen molar-refractivity contribution in [2.24, 2.45) is 0 Å². The van der Waals surface area contributed by atoms with Crippen molar-refractivity contribution in [3.8, 4) is 0 Å². The van der Waals surface area contributed by atoms with E-state index in [1.807, 2.05) is 18.0 Å². The van der Waals surface area contributed by atoms with Crippen molar-refractivity contribution in [3.05, 3.63) is 34.9 Å². The molecular formula is C17H25N3O. The number of likely N-dealkylation sites (tertiary alicyclic amines) is 1. The molecule has 1 unspecified atom stereocenters. The van der Waals surface area contributed by atoms with Crippen LogP contribution in [0.5, 0.6) is 0 Å². The van der Waals surface area contributed by atoms with E-state index in [-0.39, 0.29) is 5.91 Å². The standard InChI is InChI=1S/C17H25N3O/c1-19-9-3-4-16(19)12-20(2)17(21)14-6-5-13-7-8-18-11-15(13)10-14/h5-6,10,16,18H,3-4,7-9,11-12H2,1-2H3. The first-order chi connectivity index (χ1) is 10.1. The van der Waals surface area contributed by atoms with Crippen LogP contribution in [0.15, 0.2) is 18.2 Å². The number of amides is 1. The maximum absolute atomic E-state index is 12.6. The predicted molar refractivity (Wildman–Crippen MR) is 84.5 cm³/mol. The van der Waals surface area contributed by atoms with Gasteiger partial charge in [0.2, 0.25) is 0 Å². The molecule has 2 heterocycles. The Bertz CT molecular complexity index is 529. The Labute approximate surface area is 127 Å². The van der Waals surface area contributed by atoms with Gasteiger partial charge in [-0.2, -0.15) is 0 Å². The maximum atomic E-state index is 12.6. The van der Waals surface area contributed by atoms with E-state index in [2.05, 4.69) is 29.4 Å². The predicted octanol–water partition coefficient (Wildman–Crippen LogP) is 1.50. The number of nitrogens with one attached hydrogen (secondary N) is 1. The van der Waals surface area contributed by atoms with Gasteiger partial charge in [-0.15, -0.1) is 0 Å². The Morgan fingerprint density at radius 3 is 3.05 bits per heavy atom. The molecule has 2 aliphatic heterocycles. The van der Waals surface area contributed by atoms with Crippen LogP contribution in [0.2, 0.25) is 0 Å². The number of hydrogen-bond acceptors (Lipinski definition) is 3. The van der Waals surface area contributed by atoms with Crippen LogP contribution in [0.4, 0.5) is 0 Å². The second-order valence-electron chi connectivity index (χ2n) is 6.37. The molecule has 1 amide bonds. The van der Waals surface area contributed by atoms with Gasteiger partial charge in [0.1, 0.15) is 0 Å². The van der Waals surface area contributed by atoms with Crippen LogP contribution in [-0.4, -0.2) is 55.5 Å². The van der Waals surface area contributed by atoms with Gasteiger partial charge in [-0.1, -0.05) is 6.07 Å². The first-order valence-corrected chi connectivity index (χ1v) is 7.93. The number of fused-ring (bicyclic) bond motifs is 1. The fourth-order valence-electron chi connectivity index (χ4n) is 3.44. The molecule has 0 bridgehead atoms. The maximum Gasteiger partial charge on any atom is 0.253 e. The van der Waals surface area contributed by atoms with E-state index < -0.39 is 0 Å². The molecule has 0 aliphatic carbocycles. The molecule has 114 valence electrons. The minimum absolute atomic E-state index is 0.142. The molecule has 0 spiro atoms. The Morgan fingerprint density at radius 1 is 1.43 bits per heavy atom. The highest BCUT2D eigenvalue weighted by Crippen LogP contribution is 2.19. The van der Waals surface area contributed by atoms with Crippen LogP contribution in [0.3, 0.4) is 0 Å². The molecule has 0 aromatic heterocycles. The lowest BCUT2D eigenvalue weighted by Crippen LogP contribution is -2.39. The zero-order valence-electron chi connectivity index (χ0n) is 13.1. The summed E-state index contributed by atoms with van der Waals surface area (Å²) in [6, 6.07) is 6.69. The van der Waals surface area contributed by atoms with Gasteiger partial charge in [0.25, 0.3) is 5.91 Å². The van der Waals surface area contributed by atoms with Crippen molar-refractivity contribution in [1.82, 2.24) is 15.1 Å². The summed E-state index contributed by atoms with van der Waals surface area (Å²) in [7, 11) is 4.08. The molecule has 1 N–H and O–H groups in total. The normalized spacial score (nSPS) is 22.1. The van der Waals surface area contributed by atoms with Crippen LogP contribution in [0, 0.1) is 0 Å². The van der Waals surface area contributed by atoms with Crippen LogP contribution >= 0.6 is 0 Å². The molecule has 21 heavy (non-hydrogen) atoms. The van der Waals surface area contributed by atoms with E-state index in [1.54, 1.807) is 0 Å². The van der Waals surface area contributed by atoms with Gasteiger partial charge >= 0.3 is 0 Å². The summed E-state index contributed by atoms with van der Waals surface area (Å²) < 4.78 is 0. The third kappa shape index (κ3) is 3.11. The SMILES string of the molecule is CN(CC1CCCN1C)C(=O)c1ccc2c(c1)CNCC2. The third-order valence-corrected chi connectivity index (χ3v) is 4.84. The topological polar surface area (TPSA) is 35.6 Å². The lowest BCUT2D eigenvalue weighted by atomic mass is 9.98. The second kappa shape index (κ2) is 6.16. The minimum atomic E-state index is 0.142. The average Bonchev–Trinajstić information content (AvgIpc) is 2.91. The summed E-state index contributed by atoms with van der Waals surface area (Å²) in [5.74, 6) is 0.142. The summed E-state index contributed by atoms with van der Waals surface area (Å²) in [6.07, 6.45) is 3.50. The van der Waals surface area contributed by atoms with Crippen molar-refractivity contribution in [2.45, 2.75) is 31.8 Å². The van der Waals surface area contributed by atoms with E-state index in [9.17, 15) is 4.79 Å². The molecule has 0 radical (unpaired) electrons. The van der Waals surface area contributed by atoms with E-state index >= 15 is 0 Å². The lowest BCUT2D eigenvalue weighted by molar-refractivity contribution is 0.0761. The molecule has 2 aliphatic rings. The lowest BCUT2D eigenvalue weighted by Gasteiger charge is -2.26. The third-order valence-electron chi connectivity index (χ3n) is 4.84. The van der Waals surface area contributed by atoms with Crippen molar-refractivity contribution in [1.29, 1.82) is 0 Å². The summed E-state index contributed by atoms with van der Waals surface area (Å²) in [5.41, 5.74) is 3.47. The second-order valence-corrected chi connectivity index (χ2v) is 6.37. The molecule has 1 fully saturated rings. The molecule has 1 saturated heterocycles. The summed E-state index contributed by atoms with van der Waals surface area (Å²) in [5, 5.41) is 3.37. The number of nitrogens with zero attached hydrogens (tertiary/aromatic N) is 2. The first kappa shape index (κ1) is 14.5. The monoisotopic (exact) mass is 287 g/mol. The zero-order valence-corrected chi connectivity index (χ0v) is 13.1. The molecule has 0 saturated carbocycles. The van der Waals surface area contributed by atoms with Crippen LogP contribution < -0.4 is 5.32 Å². The van der Waals surface area contributed by atoms with E-state index in [0.29, 0.717) is 6.04 Å². The summed E-state index contributed by atoms with van der Waals surface area (Å²) in [6.45, 7) is 3.89. The zero-order chi connectivity index (χ0) is 14.8. The highest BCUT2D eigenvalue weighted by molar-refractivity contribution is 5.94. The quantitative estimate of drug-likeness (QED) is 0.915. The van der Waals surface area contributed by atoms with Crippen molar-refractivity contribution in [2.75, 3.05) is 33.7 Å². The minimum Gasteiger partial charge on any atom is -0.340 e. The molecule has 1 aromatic rings. The van der Waals surface area contributed by atoms with Gasteiger partial charge in [-0.25, -0.2) is 0 Å². The first-order valence-electron chi connectivity index (χ1n) is 7.93. The summed E-state index contributed by atoms with van der Waals surface area (Å²) >= 11 is 0. The number of hydrogen-bond donors (Lipinski definition) is 1. The van der Waals surface area contributed by atoms with Crippen LogP contribution in [0.25, 0.3) is 0 Å². The number of rotatable bonds is 3. The Hall–Kier alpha value is -1.39. The van der Waals surface area contributed by atoms with Gasteiger partial charge in [-0.3, -0.25) is 4.79 Å². The van der Waals surface area contributed by atoms with Gasteiger partial charge in [-0.05, 0) is 62.7 Å². The van der Waals surface area contributed by atoms with Crippen molar-refractivity contribution in [3.63, 3.8) is 0 Å². The molecule has 1 atom stereocenters. The highest BCUT2D eigenvalue weighted by atomic mass is 16.2. The Kier molecular flexibility index (Phi) is 4.27. The van der Waals surface area contributed by atoms with Crippen LogP contribution in [0.1, 0.15) is 34.3 Å². The Balaban J connectivity index is 1.69. The molecule has 1 aromatic carbocycles. The molecule has 4 nitrogen and oxygen atoms in total. The largest absolute Gasteiger partial charge is 0.340 e. The highest BCUT2D eigenvalue weighted by Gasteiger charge is 2.24. The number of likely N-dealkylation sites (N-methyl/N-ethyl adjacent to an activating group) is 2. The summed E-state index contributed by atoms with van der Waals surface area (Å²) in [4.78, 5) is 16.9. The van der Waals surface area contributed by atoms with Crippen LogP contribution in [-0.2, 0) is 13.0 Å².